The minimum Gasteiger partial charge on any atom is -0.294 e. The average Bonchev–Trinajstić information content (AvgIpc) is 3.32. The Kier molecular flexibility index (Phi) is 4.56. The monoisotopic (exact) mass is 423 g/mol. The van der Waals surface area contributed by atoms with E-state index in [9.17, 15) is 13.2 Å². The summed E-state index contributed by atoms with van der Waals surface area (Å²) in [6.45, 7) is 4.05. The Morgan fingerprint density at radius 2 is 1.90 bits per heavy atom. The molecule has 1 aliphatic carbocycles. The number of sulfonamides is 1. The van der Waals surface area contributed by atoms with Gasteiger partial charge in [-0.1, -0.05) is 30.3 Å². The van der Waals surface area contributed by atoms with Crippen LogP contribution < -0.4 is 0 Å². The van der Waals surface area contributed by atoms with E-state index in [2.05, 4.69) is 22.3 Å². The molecule has 1 N–H and O–H groups in total. The van der Waals surface area contributed by atoms with Gasteiger partial charge in [0, 0.05) is 24.6 Å². The van der Waals surface area contributed by atoms with Gasteiger partial charge in [-0.25, -0.2) is 8.42 Å². The van der Waals surface area contributed by atoms with Crippen LogP contribution in [0, 0.1) is 19.8 Å². The number of nitrogens with one attached hydrogen (secondary N) is 1. The molecule has 1 saturated heterocycles. The molecule has 0 saturated carbocycles. The van der Waals surface area contributed by atoms with Crippen molar-refractivity contribution in [2.45, 2.75) is 44.4 Å². The Morgan fingerprint density at radius 3 is 2.63 bits per heavy atom. The summed E-state index contributed by atoms with van der Waals surface area (Å²) in [5, 5.41) is 9.02. The maximum atomic E-state index is 13.5. The van der Waals surface area contributed by atoms with E-state index in [1.807, 2.05) is 18.2 Å². The molecule has 6 nitrogen and oxygen atoms in total. The molecule has 1 aliphatic heterocycles. The highest BCUT2D eigenvalue weighted by atomic mass is 32.2. The normalized spacial score (nSPS) is 19.5. The quantitative estimate of drug-likeness (QED) is 0.651. The number of benzene rings is 2. The Labute approximate surface area is 176 Å². The Hall–Kier alpha value is -2.51. The lowest BCUT2D eigenvalue weighted by atomic mass is 9.88. The zero-order valence-corrected chi connectivity index (χ0v) is 18.1. The fourth-order valence-corrected chi connectivity index (χ4v) is 6.96. The molecule has 0 radical (unpaired) electrons. The van der Waals surface area contributed by atoms with Crippen molar-refractivity contribution in [2.75, 3.05) is 13.1 Å². The van der Waals surface area contributed by atoms with Gasteiger partial charge in [0.2, 0.25) is 10.0 Å². The number of carbonyl (C=O) groups is 1. The molecule has 1 fully saturated rings. The van der Waals surface area contributed by atoms with Crippen molar-refractivity contribution in [1.29, 1.82) is 0 Å². The van der Waals surface area contributed by atoms with E-state index in [4.69, 9.17) is 0 Å². The van der Waals surface area contributed by atoms with Gasteiger partial charge in [-0.15, -0.1) is 0 Å². The second-order valence-electron chi connectivity index (χ2n) is 8.44. The molecule has 2 aromatic carbocycles. The summed E-state index contributed by atoms with van der Waals surface area (Å²) in [5.41, 5.74) is 4.33. The van der Waals surface area contributed by atoms with Crippen LogP contribution in [0.3, 0.4) is 0 Å². The van der Waals surface area contributed by atoms with Crippen molar-refractivity contribution < 1.29 is 13.2 Å². The number of aryl methyl sites for hydroxylation is 4. The van der Waals surface area contributed by atoms with Crippen LogP contribution in [-0.4, -0.2) is 41.8 Å². The van der Waals surface area contributed by atoms with Crippen LogP contribution in [0.4, 0.5) is 0 Å². The zero-order chi connectivity index (χ0) is 21.0. The third-order valence-electron chi connectivity index (χ3n) is 6.56. The molecule has 7 heteroatoms. The molecular formula is C23H25N3O3S. The molecule has 2 heterocycles. The van der Waals surface area contributed by atoms with Crippen molar-refractivity contribution in [3.05, 3.63) is 58.4 Å². The molecule has 1 atom stereocenters. The maximum absolute atomic E-state index is 13.5. The van der Waals surface area contributed by atoms with E-state index < -0.39 is 10.0 Å². The topological polar surface area (TPSA) is 83.1 Å². The lowest BCUT2D eigenvalue weighted by Crippen LogP contribution is -2.42. The summed E-state index contributed by atoms with van der Waals surface area (Å²) in [6.07, 6.45) is 3.41. The molecule has 0 bridgehead atoms. The van der Waals surface area contributed by atoms with Crippen LogP contribution in [0.15, 0.2) is 35.2 Å². The largest absolute Gasteiger partial charge is 0.294 e. The number of ketones is 1. The molecule has 0 unspecified atom stereocenters. The van der Waals surface area contributed by atoms with E-state index >= 15 is 0 Å². The highest BCUT2D eigenvalue weighted by Crippen LogP contribution is 2.35. The van der Waals surface area contributed by atoms with Crippen LogP contribution in [0.5, 0.6) is 0 Å². The number of H-pyrrole nitrogens is 1. The number of aromatic amines is 1. The van der Waals surface area contributed by atoms with Gasteiger partial charge in [0.05, 0.1) is 11.4 Å². The Morgan fingerprint density at radius 1 is 1.13 bits per heavy atom. The predicted octanol–water partition coefficient (Wildman–Crippen LogP) is 3.56. The van der Waals surface area contributed by atoms with Gasteiger partial charge in [0.1, 0.15) is 4.90 Å². The van der Waals surface area contributed by atoms with Crippen LogP contribution in [0.25, 0.3) is 10.8 Å². The fourth-order valence-electron chi connectivity index (χ4n) is 5.11. The van der Waals surface area contributed by atoms with Crippen molar-refractivity contribution in [2.24, 2.45) is 5.92 Å². The maximum Gasteiger partial charge on any atom is 0.246 e. The third kappa shape index (κ3) is 2.91. The zero-order valence-electron chi connectivity index (χ0n) is 17.2. The first-order valence-electron chi connectivity index (χ1n) is 10.5. The van der Waals surface area contributed by atoms with Gasteiger partial charge < -0.3 is 0 Å². The van der Waals surface area contributed by atoms with Crippen LogP contribution in [0.2, 0.25) is 0 Å². The van der Waals surface area contributed by atoms with E-state index in [1.165, 1.54) is 20.8 Å². The van der Waals surface area contributed by atoms with Gasteiger partial charge in [0.15, 0.2) is 5.78 Å². The smallest absolute Gasteiger partial charge is 0.246 e. The highest BCUT2D eigenvalue weighted by Gasteiger charge is 2.36. The molecule has 1 aromatic heterocycles. The van der Waals surface area contributed by atoms with Crippen molar-refractivity contribution in [3.63, 3.8) is 0 Å². The number of rotatable bonds is 4. The van der Waals surface area contributed by atoms with E-state index in [0.29, 0.717) is 30.8 Å². The van der Waals surface area contributed by atoms with Gasteiger partial charge in [-0.05, 0) is 61.4 Å². The summed E-state index contributed by atoms with van der Waals surface area (Å²) in [7, 11) is -3.69. The Bertz CT molecular complexity index is 1250. The lowest BCUT2D eigenvalue weighted by Gasteiger charge is -2.31. The van der Waals surface area contributed by atoms with E-state index in [-0.39, 0.29) is 23.1 Å². The number of hydrogen-bond acceptors (Lipinski definition) is 4. The van der Waals surface area contributed by atoms with Gasteiger partial charge in [0.25, 0.3) is 0 Å². The van der Waals surface area contributed by atoms with Crippen molar-refractivity contribution >= 4 is 26.6 Å². The molecule has 3 aromatic rings. The first-order valence-corrected chi connectivity index (χ1v) is 11.9. The second kappa shape index (κ2) is 7.03. The minimum absolute atomic E-state index is 0.0473. The first-order chi connectivity index (χ1) is 14.4. The summed E-state index contributed by atoms with van der Waals surface area (Å²) in [6, 6.07) is 10.2. The standard InChI is InChI=1S/C23H25N3O3S/c1-14-23(15(2)25-24-14)30(28,29)26-12-4-6-18(13-26)22(27)20-11-10-17-9-8-16-5-3-7-19(20)21(16)17/h3,5,7,10-11,18H,4,6,8-9,12-13H2,1-2H3,(H,24,25)/t18-/m1/s1. The van der Waals surface area contributed by atoms with Crippen LogP contribution in [-0.2, 0) is 22.9 Å². The van der Waals surface area contributed by atoms with Crippen molar-refractivity contribution in [1.82, 2.24) is 14.5 Å². The van der Waals surface area contributed by atoms with E-state index in [0.717, 1.165) is 23.8 Å². The number of aromatic nitrogens is 2. The number of piperidine rings is 1. The van der Waals surface area contributed by atoms with Crippen LogP contribution >= 0.6 is 0 Å². The van der Waals surface area contributed by atoms with Crippen molar-refractivity contribution in [3.8, 4) is 0 Å². The summed E-state index contributed by atoms with van der Waals surface area (Å²) in [4.78, 5) is 13.7. The molecule has 30 heavy (non-hydrogen) atoms. The molecule has 2 aliphatic rings. The number of Topliss-reactive ketones (excluding diaryl/α,β-unsaturated/α-hetero) is 1. The molecular weight excluding hydrogens is 398 g/mol. The second-order valence-corrected chi connectivity index (χ2v) is 10.3. The number of hydrogen-bond donors (Lipinski definition) is 1. The minimum atomic E-state index is -3.69. The SMILES string of the molecule is Cc1n[nH]c(C)c1S(=O)(=O)N1CCC[C@@H](C(=O)c2ccc3c4c(cccc24)CC3)C1. The highest BCUT2D eigenvalue weighted by molar-refractivity contribution is 7.89. The predicted molar refractivity (Wildman–Crippen MR) is 115 cm³/mol. The molecule has 5 rings (SSSR count). The van der Waals surface area contributed by atoms with Gasteiger partial charge >= 0.3 is 0 Å². The lowest BCUT2D eigenvalue weighted by molar-refractivity contribution is 0.0874. The van der Waals surface area contributed by atoms with E-state index in [1.54, 1.807) is 13.8 Å². The average molecular weight is 424 g/mol. The van der Waals surface area contributed by atoms with Crippen LogP contribution in [0.1, 0.15) is 45.7 Å². The summed E-state index contributed by atoms with van der Waals surface area (Å²) in [5.74, 6) is -0.286. The third-order valence-corrected chi connectivity index (χ3v) is 8.68. The van der Waals surface area contributed by atoms with Gasteiger partial charge in [-0.3, -0.25) is 9.89 Å². The van der Waals surface area contributed by atoms with Gasteiger partial charge in [-0.2, -0.15) is 9.40 Å². The fraction of sp³-hybridized carbons (Fsp3) is 0.391. The summed E-state index contributed by atoms with van der Waals surface area (Å²) >= 11 is 0. The Balaban J connectivity index is 1.48. The molecule has 156 valence electrons. The first kappa shape index (κ1) is 19.5. The number of nitrogens with zero attached hydrogens (tertiary/aromatic N) is 2. The molecule has 0 spiro atoms. The number of carbonyl (C=O) groups excluding carboxylic acids is 1. The molecule has 0 amide bonds. The summed E-state index contributed by atoms with van der Waals surface area (Å²) < 4.78 is 28.0.